The Morgan fingerprint density at radius 1 is 1.50 bits per heavy atom. The second-order valence-corrected chi connectivity index (χ2v) is 4.86. The van der Waals surface area contributed by atoms with Gasteiger partial charge in [0, 0.05) is 24.5 Å². The van der Waals surface area contributed by atoms with E-state index in [1.54, 1.807) is 11.3 Å². The van der Waals surface area contributed by atoms with Crippen LogP contribution in [0.5, 0.6) is 0 Å². The maximum absolute atomic E-state index is 4.34. The summed E-state index contributed by atoms with van der Waals surface area (Å²) in [4.78, 5) is 6.74. The van der Waals surface area contributed by atoms with Crippen LogP contribution in [-0.2, 0) is 6.54 Å². The van der Waals surface area contributed by atoms with E-state index in [4.69, 9.17) is 0 Å². The van der Waals surface area contributed by atoms with Crippen LogP contribution in [-0.4, -0.2) is 36.1 Å². The summed E-state index contributed by atoms with van der Waals surface area (Å²) in [6, 6.07) is 0.617. The van der Waals surface area contributed by atoms with Crippen molar-refractivity contribution in [2.45, 2.75) is 39.3 Å². The van der Waals surface area contributed by atoms with Gasteiger partial charge >= 0.3 is 0 Å². The van der Waals surface area contributed by atoms with Crippen LogP contribution in [0.15, 0.2) is 10.9 Å². The summed E-state index contributed by atoms with van der Waals surface area (Å²) < 4.78 is 0. The number of nitrogens with one attached hydrogen (secondary N) is 1. The van der Waals surface area contributed by atoms with E-state index in [1.807, 2.05) is 5.51 Å². The van der Waals surface area contributed by atoms with E-state index in [2.05, 4.69) is 41.5 Å². The van der Waals surface area contributed by atoms with Gasteiger partial charge < -0.3 is 5.32 Å². The molecule has 3 nitrogen and oxygen atoms in total. The molecule has 0 fully saturated rings. The van der Waals surface area contributed by atoms with Crippen LogP contribution >= 0.6 is 11.3 Å². The molecule has 0 aliphatic heterocycles. The molecule has 1 unspecified atom stereocenters. The van der Waals surface area contributed by atoms with Crippen LogP contribution in [0.2, 0.25) is 0 Å². The number of hydrogen-bond acceptors (Lipinski definition) is 4. The highest BCUT2D eigenvalue weighted by molar-refractivity contribution is 7.07. The third-order valence-corrected chi connectivity index (χ3v) is 3.41. The molecule has 0 saturated heterocycles. The molecule has 1 atom stereocenters. The molecule has 0 aliphatic rings. The molecule has 0 spiro atoms. The number of likely N-dealkylation sites (N-methyl/N-ethyl adjacent to an activating group) is 2. The largest absolute Gasteiger partial charge is 0.315 e. The predicted molar refractivity (Wildman–Crippen MR) is 70.8 cm³/mol. The van der Waals surface area contributed by atoms with Gasteiger partial charge in [0.2, 0.25) is 0 Å². The summed E-state index contributed by atoms with van der Waals surface area (Å²) in [5, 5.41) is 5.57. The van der Waals surface area contributed by atoms with Crippen LogP contribution in [0.3, 0.4) is 0 Å². The average Bonchev–Trinajstić information content (AvgIpc) is 2.76. The van der Waals surface area contributed by atoms with E-state index >= 15 is 0 Å². The molecule has 0 bridgehead atoms. The van der Waals surface area contributed by atoms with Gasteiger partial charge in [-0.2, -0.15) is 0 Å². The van der Waals surface area contributed by atoms with Crippen LogP contribution in [0.4, 0.5) is 0 Å². The van der Waals surface area contributed by atoms with Crippen molar-refractivity contribution >= 4 is 11.3 Å². The lowest BCUT2D eigenvalue weighted by Gasteiger charge is -2.27. The molecule has 0 saturated carbocycles. The summed E-state index contributed by atoms with van der Waals surface area (Å²) in [6.07, 6.45) is 2.48. The van der Waals surface area contributed by atoms with Gasteiger partial charge in [0.15, 0.2) is 0 Å². The summed E-state index contributed by atoms with van der Waals surface area (Å²) in [6.45, 7) is 7.48. The molecule has 4 heteroatoms. The predicted octanol–water partition coefficient (Wildman–Crippen LogP) is 2.35. The molecule has 1 aromatic rings. The first kappa shape index (κ1) is 13.6. The molecular formula is C12H23N3S. The Hall–Kier alpha value is -0.450. The molecule has 16 heavy (non-hydrogen) atoms. The van der Waals surface area contributed by atoms with Gasteiger partial charge in [-0.3, -0.25) is 4.90 Å². The Balaban J connectivity index is 2.42. The van der Waals surface area contributed by atoms with Gasteiger partial charge in [0.05, 0.1) is 11.2 Å². The van der Waals surface area contributed by atoms with E-state index in [0.29, 0.717) is 6.04 Å². The normalized spacial score (nSPS) is 13.2. The first-order valence-electron chi connectivity index (χ1n) is 6.05. The quantitative estimate of drug-likeness (QED) is 0.757. The minimum atomic E-state index is 0.617. The molecule has 1 N–H and O–H groups in total. The maximum Gasteiger partial charge on any atom is 0.0795 e. The summed E-state index contributed by atoms with van der Waals surface area (Å²) in [5.74, 6) is 0. The Morgan fingerprint density at radius 3 is 2.88 bits per heavy atom. The zero-order chi connectivity index (χ0) is 11.8. The molecule has 0 aliphatic carbocycles. The van der Waals surface area contributed by atoms with E-state index in [0.717, 1.165) is 19.6 Å². The molecule has 1 aromatic heterocycles. The van der Waals surface area contributed by atoms with Gasteiger partial charge in [-0.25, -0.2) is 4.98 Å². The monoisotopic (exact) mass is 241 g/mol. The zero-order valence-electron chi connectivity index (χ0n) is 10.6. The van der Waals surface area contributed by atoms with Crippen LogP contribution in [0, 0.1) is 0 Å². The highest BCUT2D eigenvalue weighted by Crippen LogP contribution is 2.10. The fourth-order valence-corrected chi connectivity index (χ4v) is 2.37. The lowest BCUT2D eigenvalue weighted by molar-refractivity contribution is 0.214. The second kappa shape index (κ2) is 7.76. The minimum absolute atomic E-state index is 0.617. The zero-order valence-corrected chi connectivity index (χ0v) is 11.4. The van der Waals surface area contributed by atoms with Gasteiger partial charge in [-0.05, 0) is 20.0 Å². The van der Waals surface area contributed by atoms with Gasteiger partial charge in [-0.1, -0.05) is 20.3 Å². The van der Waals surface area contributed by atoms with E-state index in [9.17, 15) is 0 Å². The first-order valence-corrected chi connectivity index (χ1v) is 7.00. The van der Waals surface area contributed by atoms with Crippen molar-refractivity contribution < 1.29 is 0 Å². The SMILES string of the molecule is CCCC(CNCC)N(C)Cc1cscn1. The standard InChI is InChI=1S/C12H23N3S/c1-4-6-12(7-13-5-2)15(3)8-11-9-16-10-14-11/h9-10,12-13H,4-8H2,1-3H3. The maximum atomic E-state index is 4.34. The Morgan fingerprint density at radius 2 is 2.31 bits per heavy atom. The summed E-state index contributed by atoms with van der Waals surface area (Å²) in [7, 11) is 2.19. The Labute approximate surface area is 103 Å². The number of nitrogens with zero attached hydrogens (tertiary/aromatic N) is 2. The minimum Gasteiger partial charge on any atom is -0.315 e. The van der Waals surface area contributed by atoms with Gasteiger partial charge in [0.25, 0.3) is 0 Å². The highest BCUT2D eigenvalue weighted by atomic mass is 32.1. The summed E-state index contributed by atoms with van der Waals surface area (Å²) in [5.41, 5.74) is 3.09. The first-order chi connectivity index (χ1) is 7.77. The number of rotatable bonds is 8. The van der Waals surface area contributed by atoms with E-state index in [-0.39, 0.29) is 0 Å². The van der Waals surface area contributed by atoms with E-state index < -0.39 is 0 Å². The van der Waals surface area contributed by atoms with Crippen molar-refractivity contribution in [2.75, 3.05) is 20.1 Å². The van der Waals surface area contributed by atoms with Crippen molar-refractivity contribution in [2.24, 2.45) is 0 Å². The lowest BCUT2D eigenvalue weighted by Crippen LogP contribution is -2.39. The molecule has 0 aromatic carbocycles. The number of hydrogen-bond donors (Lipinski definition) is 1. The third kappa shape index (κ3) is 4.60. The fourth-order valence-electron chi connectivity index (χ4n) is 1.82. The van der Waals surface area contributed by atoms with Gasteiger partial charge in [0.1, 0.15) is 0 Å². The average molecular weight is 241 g/mol. The van der Waals surface area contributed by atoms with Crippen molar-refractivity contribution in [3.05, 3.63) is 16.6 Å². The second-order valence-electron chi connectivity index (χ2n) is 4.15. The highest BCUT2D eigenvalue weighted by Gasteiger charge is 2.13. The molecule has 1 rings (SSSR count). The Bertz CT molecular complexity index is 261. The van der Waals surface area contributed by atoms with Crippen LogP contribution < -0.4 is 5.32 Å². The molecular weight excluding hydrogens is 218 g/mol. The van der Waals surface area contributed by atoms with Gasteiger partial charge in [-0.15, -0.1) is 11.3 Å². The van der Waals surface area contributed by atoms with Crippen molar-refractivity contribution in [3.8, 4) is 0 Å². The molecule has 92 valence electrons. The van der Waals surface area contributed by atoms with E-state index in [1.165, 1.54) is 18.5 Å². The summed E-state index contributed by atoms with van der Waals surface area (Å²) >= 11 is 1.67. The third-order valence-electron chi connectivity index (χ3n) is 2.77. The fraction of sp³-hybridized carbons (Fsp3) is 0.750. The van der Waals surface area contributed by atoms with Crippen molar-refractivity contribution in [1.82, 2.24) is 15.2 Å². The number of aromatic nitrogens is 1. The lowest BCUT2D eigenvalue weighted by atomic mass is 10.1. The molecule has 0 radical (unpaired) electrons. The Kier molecular flexibility index (Phi) is 6.61. The van der Waals surface area contributed by atoms with Crippen molar-refractivity contribution in [3.63, 3.8) is 0 Å². The molecule has 0 amide bonds. The number of thiazole rings is 1. The molecule has 1 heterocycles. The van der Waals surface area contributed by atoms with Crippen LogP contribution in [0.25, 0.3) is 0 Å². The smallest absolute Gasteiger partial charge is 0.0795 e. The van der Waals surface area contributed by atoms with Crippen molar-refractivity contribution in [1.29, 1.82) is 0 Å². The van der Waals surface area contributed by atoms with Crippen LogP contribution in [0.1, 0.15) is 32.4 Å². The topological polar surface area (TPSA) is 28.2 Å².